The first kappa shape index (κ1) is 17.6. The summed E-state index contributed by atoms with van der Waals surface area (Å²) in [6.45, 7) is 0.356. The summed E-state index contributed by atoms with van der Waals surface area (Å²) in [6, 6.07) is 20.1. The predicted molar refractivity (Wildman–Crippen MR) is 107 cm³/mol. The number of carbonyl (C=O) groups is 1. The van der Waals surface area contributed by atoms with Gasteiger partial charge in [-0.05, 0) is 48.5 Å². The predicted octanol–water partition coefficient (Wildman–Crippen LogP) is 4.17. The van der Waals surface area contributed by atoms with Gasteiger partial charge in [0.1, 0.15) is 23.8 Å². The molecular formula is C22H19N3O3. The van der Waals surface area contributed by atoms with Crippen LogP contribution in [0.2, 0.25) is 0 Å². The minimum Gasteiger partial charge on any atom is -0.495 e. The zero-order valence-corrected chi connectivity index (χ0v) is 15.3. The van der Waals surface area contributed by atoms with E-state index < -0.39 is 0 Å². The number of hydrogen-bond donors (Lipinski definition) is 1. The molecule has 0 bridgehead atoms. The fourth-order valence-electron chi connectivity index (χ4n) is 2.86. The van der Waals surface area contributed by atoms with Gasteiger partial charge in [-0.15, -0.1) is 0 Å². The lowest BCUT2D eigenvalue weighted by Gasteiger charge is -2.10. The fraction of sp³-hybridized carbons (Fsp3) is 0.0909. The Hall–Kier alpha value is -3.80. The maximum absolute atomic E-state index is 12.5. The van der Waals surface area contributed by atoms with Crippen LogP contribution >= 0.6 is 0 Å². The zero-order valence-electron chi connectivity index (χ0n) is 15.3. The molecule has 0 saturated carbocycles. The lowest BCUT2D eigenvalue weighted by atomic mass is 10.2. The van der Waals surface area contributed by atoms with Crippen molar-refractivity contribution in [2.75, 3.05) is 12.4 Å². The third-order valence-corrected chi connectivity index (χ3v) is 4.27. The number of hydrogen-bond acceptors (Lipinski definition) is 4. The summed E-state index contributed by atoms with van der Waals surface area (Å²) >= 11 is 0. The normalized spacial score (nSPS) is 10.6. The Morgan fingerprint density at radius 3 is 2.61 bits per heavy atom. The number of methoxy groups -OCH3 is 1. The first-order valence-electron chi connectivity index (χ1n) is 8.83. The highest BCUT2D eigenvalue weighted by Crippen LogP contribution is 2.24. The van der Waals surface area contributed by atoms with E-state index in [1.54, 1.807) is 43.5 Å². The van der Waals surface area contributed by atoms with Gasteiger partial charge in [-0.2, -0.15) is 0 Å². The molecule has 0 spiro atoms. The van der Waals surface area contributed by atoms with E-state index in [2.05, 4.69) is 10.3 Å². The summed E-state index contributed by atoms with van der Waals surface area (Å²) in [5, 5.41) is 2.85. The minimum absolute atomic E-state index is 0.212. The molecule has 1 amide bonds. The average Bonchev–Trinajstić information content (AvgIpc) is 3.16. The van der Waals surface area contributed by atoms with Crippen molar-refractivity contribution < 1.29 is 14.3 Å². The van der Waals surface area contributed by atoms with Crippen LogP contribution in [0.25, 0.3) is 5.65 Å². The number of fused-ring (bicyclic) bond motifs is 1. The Kier molecular flexibility index (Phi) is 4.93. The maximum Gasteiger partial charge on any atom is 0.255 e. The van der Waals surface area contributed by atoms with Crippen molar-refractivity contribution in [2.24, 2.45) is 0 Å². The van der Waals surface area contributed by atoms with Crippen LogP contribution in [-0.4, -0.2) is 22.4 Å². The molecule has 2 aromatic carbocycles. The van der Waals surface area contributed by atoms with Gasteiger partial charge in [0.25, 0.3) is 5.91 Å². The molecule has 0 aliphatic rings. The molecule has 140 valence electrons. The van der Waals surface area contributed by atoms with Crippen LogP contribution in [0.5, 0.6) is 11.5 Å². The van der Waals surface area contributed by atoms with Gasteiger partial charge < -0.3 is 19.2 Å². The second-order valence-electron chi connectivity index (χ2n) is 6.17. The lowest BCUT2D eigenvalue weighted by Crippen LogP contribution is -2.12. The number of nitrogens with zero attached hydrogens (tertiary/aromatic N) is 2. The Bertz CT molecular complexity index is 1070. The Labute approximate surface area is 162 Å². The number of benzene rings is 2. The standard InChI is InChI=1S/C22H19N3O3/c1-27-20-7-3-2-6-19(20)24-22(26)16-9-11-18(12-10-16)28-15-17-14-25-13-5-4-8-21(25)23-17/h2-14H,15H2,1H3,(H,24,26). The van der Waals surface area contributed by atoms with Crippen LogP contribution in [0.15, 0.2) is 79.1 Å². The van der Waals surface area contributed by atoms with Gasteiger partial charge in [0.2, 0.25) is 0 Å². The van der Waals surface area contributed by atoms with Crippen LogP contribution in [0.4, 0.5) is 5.69 Å². The summed E-state index contributed by atoms with van der Waals surface area (Å²) in [5.41, 5.74) is 2.88. The number of imidazole rings is 1. The van der Waals surface area contributed by atoms with Crippen molar-refractivity contribution in [1.29, 1.82) is 0 Å². The number of aromatic nitrogens is 2. The minimum atomic E-state index is -0.212. The number of pyridine rings is 1. The molecule has 0 aliphatic carbocycles. The number of para-hydroxylation sites is 2. The van der Waals surface area contributed by atoms with Gasteiger partial charge in [0.15, 0.2) is 0 Å². The van der Waals surface area contributed by atoms with Gasteiger partial charge in [-0.25, -0.2) is 4.98 Å². The van der Waals surface area contributed by atoms with Crippen LogP contribution in [0.1, 0.15) is 16.1 Å². The van der Waals surface area contributed by atoms with Crippen molar-refractivity contribution in [3.05, 3.63) is 90.4 Å². The van der Waals surface area contributed by atoms with E-state index in [9.17, 15) is 4.79 Å². The molecule has 6 nitrogen and oxygen atoms in total. The van der Waals surface area contributed by atoms with Gasteiger partial charge in [-0.1, -0.05) is 18.2 Å². The maximum atomic E-state index is 12.5. The van der Waals surface area contributed by atoms with Crippen LogP contribution in [0.3, 0.4) is 0 Å². The van der Waals surface area contributed by atoms with E-state index in [-0.39, 0.29) is 5.91 Å². The first-order valence-corrected chi connectivity index (χ1v) is 8.83. The number of rotatable bonds is 6. The molecule has 2 heterocycles. The smallest absolute Gasteiger partial charge is 0.255 e. The Morgan fingerprint density at radius 1 is 1.04 bits per heavy atom. The van der Waals surface area contributed by atoms with E-state index in [1.807, 2.05) is 47.1 Å². The second-order valence-corrected chi connectivity index (χ2v) is 6.17. The van der Waals surface area contributed by atoms with E-state index in [0.717, 1.165) is 11.3 Å². The third-order valence-electron chi connectivity index (χ3n) is 4.27. The molecule has 4 aromatic rings. The molecule has 0 atom stereocenters. The number of nitrogens with one attached hydrogen (secondary N) is 1. The summed E-state index contributed by atoms with van der Waals surface area (Å²) in [5.74, 6) is 1.07. The van der Waals surface area contributed by atoms with Gasteiger partial charge >= 0.3 is 0 Å². The van der Waals surface area contributed by atoms with Gasteiger partial charge in [-0.3, -0.25) is 4.79 Å². The first-order chi connectivity index (χ1) is 13.7. The Balaban J connectivity index is 1.39. The molecule has 4 rings (SSSR count). The highest BCUT2D eigenvalue weighted by Gasteiger charge is 2.10. The van der Waals surface area contributed by atoms with Crippen LogP contribution < -0.4 is 14.8 Å². The molecule has 0 saturated heterocycles. The molecule has 0 fully saturated rings. The average molecular weight is 373 g/mol. The van der Waals surface area contributed by atoms with E-state index >= 15 is 0 Å². The second kappa shape index (κ2) is 7.84. The van der Waals surface area contributed by atoms with Crippen molar-refractivity contribution in [2.45, 2.75) is 6.61 Å². The topological polar surface area (TPSA) is 64.9 Å². The van der Waals surface area contributed by atoms with Gasteiger partial charge in [0.05, 0.1) is 18.5 Å². The zero-order chi connectivity index (χ0) is 19.3. The fourth-order valence-corrected chi connectivity index (χ4v) is 2.86. The molecule has 0 aliphatic heterocycles. The monoisotopic (exact) mass is 373 g/mol. The molecule has 2 aromatic heterocycles. The summed E-state index contributed by atoms with van der Waals surface area (Å²) < 4.78 is 13.0. The van der Waals surface area contributed by atoms with Crippen LogP contribution in [0, 0.1) is 0 Å². The van der Waals surface area contributed by atoms with E-state index in [0.29, 0.717) is 29.4 Å². The molecule has 0 radical (unpaired) electrons. The van der Waals surface area contributed by atoms with Crippen molar-refractivity contribution in [3.8, 4) is 11.5 Å². The number of ether oxygens (including phenoxy) is 2. The molecule has 1 N–H and O–H groups in total. The Morgan fingerprint density at radius 2 is 1.82 bits per heavy atom. The van der Waals surface area contributed by atoms with Crippen molar-refractivity contribution in [3.63, 3.8) is 0 Å². The molecular weight excluding hydrogens is 354 g/mol. The molecule has 6 heteroatoms. The summed E-state index contributed by atoms with van der Waals surface area (Å²) in [7, 11) is 1.57. The highest BCUT2D eigenvalue weighted by molar-refractivity contribution is 6.05. The number of amides is 1. The SMILES string of the molecule is COc1ccccc1NC(=O)c1ccc(OCc2cn3ccccc3n2)cc1. The quantitative estimate of drug-likeness (QED) is 0.551. The van der Waals surface area contributed by atoms with E-state index in [4.69, 9.17) is 9.47 Å². The molecule has 0 unspecified atom stereocenters. The number of anilines is 1. The third kappa shape index (κ3) is 3.81. The lowest BCUT2D eigenvalue weighted by molar-refractivity contribution is 0.102. The summed E-state index contributed by atoms with van der Waals surface area (Å²) in [4.78, 5) is 17.0. The highest BCUT2D eigenvalue weighted by atomic mass is 16.5. The summed E-state index contributed by atoms with van der Waals surface area (Å²) in [6.07, 6.45) is 3.88. The van der Waals surface area contributed by atoms with Gasteiger partial charge in [0, 0.05) is 18.0 Å². The largest absolute Gasteiger partial charge is 0.495 e. The van der Waals surface area contributed by atoms with Crippen molar-refractivity contribution in [1.82, 2.24) is 9.38 Å². The van der Waals surface area contributed by atoms with E-state index in [1.165, 1.54) is 0 Å². The number of carbonyl (C=O) groups excluding carboxylic acids is 1. The van der Waals surface area contributed by atoms with Crippen molar-refractivity contribution >= 4 is 17.2 Å². The van der Waals surface area contributed by atoms with Crippen LogP contribution in [-0.2, 0) is 6.61 Å². The molecule has 28 heavy (non-hydrogen) atoms.